The molecule has 1 aromatic rings. The van der Waals surface area contributed by atoms with Crippen LogP contribution in [-0.2, 0) is 6.18 Å². The lowest BCUT2D eigenvalue weighted by atomic mass is 10.2. The number of hydrogen-bond acceptors (Lipinski definition) is 2. The van der Waals surface area contributed by atoms with Gasteiger partial charge in [0.05, 0.1) is 18.1 Å². The normalized spacial score (nSPS) is 10.9. The molecule has 0 atom stereocenters. The van der Waals surface area contributed by atoms with Gasteiger partial charge in [-0.1, -0.05) is 19.4 Å². The molecule has 1 aromatic carbocycles. The zero-order valence-electron chi connectivity index (χ0n) is 12.3. The summed E-state index contributed by atoms with van der Waals surface area (Å²) in [4.78, 5) is 13.5. The summed E-state index contributed by atoms with van der Waals surface area (Å²) in [6.07, 6.45) is -2.63. The number of anilines is 1. The Bertz CT molecular complexity index is 538. The van der Waals surface area contributed by atoms with Crippen LogP contribution in [0.3, 0.4) is 0 Å². The van der Waals surface area contributed by atoms with E-state index in [-0.39, 0.29) is 18.7 Å². The molecular formula is C15H18F3N3O. The van der Waals surface area contributed by atoms with Crippen molar-refractivity contribution in [2.75, 3.05) is 18.4 Å². The van der Waals surface area contributed by atoms with Crippen LogP contribution in [0.5, 0.6) is 0 Å². The van der Waals surface area contributed by atoms with Gasteiger partial charge in [0.2, 0.25) is 0 Å². The minimum atomic E-state index is -4.45. The van der Waals surface area contributed by atoms with E-state index >= 15 is 0 Å². The maximum Gasteiger partial charge on any atom is 0.416 e. The largest absolute Gasteiger partial charge is 0.416 e. The SMILES string of the molecule is CCCCN(CCC#N)C(=O)Nc1cccc(C(F)(F)F)c1. The van der Waals surface area contributed by atoms with E-state index in [0.717, 1.165) is 25.0 Å². The van der Waals surface area contributed by atoms with Crippen LogP contribution in [0.15, 0.2) is 24.3 Å². The Balaban J connectivity index is 2.78. The quantitative estimate of drug-likeness (QED) is 0.853. The van der Waals surface area contributed by atoms with E-state index in [0.29, 0.717) is 6.54 Å². The van der Waals surface area contributed by atoms with Gasteiger partial charge in [-0.15, -0.1) is 0 Å². The monoisotopic (exact) mass is 313 g/mol. The Morgan fingerprint density at radius 1 is 1.36 bits per heavy atom. The van der Waals surface area contributed by atoms with Crippen LogP contribution in [0.1, 0.15) is 31.7 Å². The van der Waals surface area contributed by atoms with Crippen LogP contribution in [0.25, 0.3) is 0 Å². The van der Waals surface area contributed by atoms with Crippen molar-refractivity contribution in [1.82, 2.24) is 4.90 Å². The molecule has 0 bridgehead atoms. The van der Waals surface area contributed by atoms with Crippen molar-refractivity contribution in [3.63, 3.8) is 0 Å². The molecule has 0 aliphatic carbocycles. The van der Waals surface area contributed by atoms with Crippen LogP contribution >= 0.6 is 0 Å². The first-order valence-electron chi connectivity index (χ1n) is 6.98. The highest BCUT2D eigenvalue weighted by Gasteiger charge is 2.30. The highest BCUT2D eigenvalue weighted by Crippen LogP contribution is 2.30. The van der Waals surface area contributed by atoms with Gasteiger partial charge in [0, 0.05) is 18.8 Å². The molecule has 120 valence electrons. The number of alkyl halides is 3. The van der Waals surface area contributed by atoms with Gasteiger partial charge in [-0.3, -0.25) is 0 Å². The van der Waals surface area contributed by atoms with Gasteiger partial charge >= 0.3 is 12.2 Å². The number of amides is 2. The fourth-order valence-electron chi connectivity index (χ4n) is 1.82. The van der Waals surface area contributed by atoms with Gasteiger partial charge < -0.3 is 10.2 Å². The van der Waals surface area contributed by atoms with Crippen molar-refractivity contribution in [2.45, 2.75) is 32.4 Å². The predicted octanol–water partition coefficient (Wildman–Crippen LogP) is 4.25. The molecule has 0 spiro atoms. The predicted molar refractivity (Wildman–Crippen MR) is 77.2 cm³/mol. The van der Waals surface area contributed by atoms with Crippen molar-refractivity contribution < 1.29 is 18.0 Å². The molecule has 22 heavy (non-hydrogen) atoms. The third kappa shape index (κ3) is 5.64. The van der Waals surface area contributed by atoms with E-state index < -0.39 is 17.8 Å². The summed E-state index contributed by atoms with van der Waals surface area (Å²) in [5, 5.41) is 11.1. The van der Waals surface area contributed by atoms with Gasteiger partial charge in [-0.05, 0) is 24.6 Å². The maximum atomic E-state index is 12.6. The lowest BCUT2D eigenvalue weighted by Crippen LogP contribution is -2.36. The van der Waals surface area contributed by atoms with E-state index in [4.69, 9.17) is 5.26 Å². The van der Waals surface area contributed by atoms with Gasteiger partial charge in [0.15, 0.2) is 0 Å². The second-order valence-corrected chi connectivity index (χ2v) is 4.76. The average molecular weight is 313 g/mol. The summed E-state index contributed by atoms with van der Waals surface area (Å²) >= 11 is 0. The number of hydrogen-bond donors (Lipinski definition) is 1. The molecule has 0 aliphatic rings. The molecule has 7 heteroatoms. The van der Waals surface area contributed by atoms with Crippen molar-refractivity contribution in [1.29, 1.82) is 5.26 Å². The number of benzene rings is 1. The minimum Gasteiger partial charge on any atom is -0.324 e. The lowest BCUT2D eigenvalue weighted by Gasteiger charge is -2.22. The zero-order valence-corrected chi connectivity index (χ0v) is 12.3. The first-order valence-corrected chi connectivity index (χ1v) is 6.98. The maximum absolute atomic E-state index is 12.6. The Labute approximate surface area is 127 Å². The summed E-state index contributed by atoms with van der Waals surface area (Å²) in [5.74, 6) is 0. The first kappa shape index (κ1) is 17.8. The van der Waals surface area contributed by atoms with E-state index in [1.54, 1.807) is 0 Å². The van der Waals surface area contributed by atoms with Gasteiger partial charge in [-0.25, -0.2) is 4.79 Å². The molecule has 0 radical (unpaired) electrons. The number of carbonyl (C=O) groups is 1. The molecule has 0 fully saturated rings. The summed E-state index contributed by atoms with van der Waals surface area (Å²) in [7, 11) is 0. The van der Waals surface area contributed by atoms with Gasteiger partial charge in [0.25, 0.3) is 0 Å². The smallest absolute Gasteiger partial charge is 0.324 e. The third-order valence-electron chi connectivity index (χ3n) is 3.00. The number of urea groups is 1. The topological polar surface area (TPSA) is 56.1 Å². The van der Waals surface area contributed by atoms with E-state index in [1.165, 1.54) is 17.0 Å². The highest BCUT2D eigenvalue weighted by molar-refractivity contribution is 5.89. The van der Waals surface area contributed by atoms with Crippen LogP contribution < -0.4 is 5.32 Å². The summed E-state index contributed by atoms with van der Waals surface area (Å²) in [5.41, 5.74) is -0.735. The molecule has 0 heterocycles. The highest BCUT2D eigenvalue weighted by atomic mass is 19.4. The molecule has 2 amide bonds. The fraction of sp³-hybridized carbons (Fsp3) is 0.467. The van der Waals surface area contributed by atoms with Gasteiger partial charge in [0.1, 0.15) is 0 Å². The Kier molecular flexibility index (Phi) is 6.70. The Morgan fingerprint density at radius 3 is 2.68 bits per heavy atom. The number of halogens is 3. The fourth-order valence-corrected chi connectivity index (χ4v) is 1.82. The molecule has 0 aliphatic heterocycles. The van der Waals surface area contributed by atoms with Crippen molar-refractivity contribution in [3.8, 4) is 6.07 Å². The molecule has 0 saturated heterocycles. The van der Waals surface area contributed by atoms with E-state index in [9.17, 15) is 18.0 Å². The third-order valence-corrected chi connectivity index (χ3v) is 3.00. The van der Waals surface area contributed by atoms with E-state index in [1.807, 2.05) is 13.0 Å². The lowest BCUT2D eigenvalue weighted by molar-refractivity contribution is -0.137. The second kappa shape index (κ2) is 8.27. The van der Waals surface area contributed by atoms with Crippen molar-refractivity contribution in [3.05, 3.63) is 29.8 Å². The summed E-state index contributed by atoms with van der Waals surface area (Å²) < 4.78 is 37.9. The zero-order chi connectivity index (χ0) is 16.6. The van der Waals surface area contributed by atoms with Crippen molar-refractivity contribution in [2.24, 2.45) is 0 Å². The average Bonchev–Trinajstić information content (AvgIpc) is 2.46. The second-order valence-electron chi connectivity index (χ2n) is 4.76. The molecule has 1 N–H and O–H groups in total. The molecule has 1 rings (SSSR count). The first-order chi connectivity index (χ1) is 10.4. The van der Waals surface area contributed by atoms with E-state index in [2.05, 4.69) is 5.32 Å². The number of carbonyl (C=O) groups excluding carboxylic acids is 1. The van der Waals surface area contributed by atoms with Crippen molar-refractivity contribution >= 4 is 11.7 Å². The van der Waals surface area contributed by atoms with Crippen LogP contribution in [0, 0.1) is 11.3 Å². The molecule has 4 nitrogen and oxygen atoms in total. The Morgan fingerprint density at radius 2 is 2.09 bits per heavy atom. The number of nitrogens with one attached hydrogen (secondary N) is 1. The van der Waals surface area contributed by atoms with Crippen LogP contribution in [0.2, 0.25) is 0 Å². The molecule has 0 unspecified atom stereocenters. The number of rotatable bonds is 6. The Hall–Kier alpha value is -2.23. The summed E-state index contributed by atoms with van der Waals surface area (Å²) in [6, 6.07) is 5.93. The van der Waals surface area contributed by atoms with Crippen LogP contribution in [0.4, 0.5) is 23.7 Å². The molecular weight excluding hydrogens is 295 g/mol. The number of unbranched alkanes of at least 4 members (excludes halogenated alkanes) is 1. The summed E-state index contributed by atoms with van der Waals surface area (Å²) in [6.45, 7) is 2.68. The minimum absolute atomic E-state index is 0.0817. The molecule has 0 aromatic heterocycles. The van der Waals surface area contributed by atoms with Crippen LogP contribution in [-0.4, -0.2) is 24.0 Å². The number of nitrogens with zero attached hydrogens (tertiary/aromatic N) is 2. The molecule has 0 saturated carbocycles. The number of nitriles is 1. The van der Waals surface area contributed by atoms with Gasteiger partial charge in [-0.2, -0.15) is 18.4 Å². The standard InChI is InChI=1S/C15H18F3N3O/c1-2-3-9-21(10-5-8-19)14(22)20-13-7-4-6-12(11-13)15(16,17)18/h4,6-7,11H,2-3,5,9-10H2,1H3,(H,20,22).